The first-order valence-electron chi connectivity index (χ1n) is 6.52. The van der Waals surface area contributed by atoms with Crippen molar-refractivity contribution in [3.8, 4) is 0 Å². The van der Waals surface area contributed by atoms with Crippen molar-refractivity contribution in [1.82, 2.24) is 0 Å². The Morgan fingerprint density at radius 1 is 1.29 bits per heavy atom. The standard InChI is InChI=1S/C16H15ClFNO2/c1-2-16(15(20)21,13-8-3-4-9-14(13)18)19-12-7-5-6-11(17)10-12/h3-10,19H,2H2,1H3,(H,20,21). The van der Waals surface area contributed by atoms with E-state index in [0.717, 1.165) is 0 Å². The fourth-order valence-electron chi connectivity index (χ4n) is 2.29. The number of aliphatic carboxylic acids is 1. The van der Waals surface area contributed by atoms with Gasteiger partial charge in [-0.25, -0.2) is 9.18 Å². The number of carbonyl (C=O) groups is 1. The maximum atomic E-state index is 14.1. The van der Waals surface area contributed by atoms with Crippen molar-refractivity contribution < 1.29 is 14.3 Å². The summed E-state index contributed by atoms with van der Waals surface area (Å²) < 4.78 is 14.1. The first-order valence-corrected chi connectivity index (χ1v) is 6.89. The molecule has 2 aromatic rings. The molecule has 5 heteroatoms. The fraction of sp³-hybridized carbons (Fsp3) is 0.188. The van der Waals surface area contributed by atoms with Gasteiger partial charge in [-0.3, -0.25) is 0 Å². The molecule has 0 radical (unpaired) electrons. The molecule has 1 atom stereocenters. The third-order valence-electron chi connectivity index (χ3n) is 3.41. The molecule has 1 unspecified atom stereocenters. The number of anilines is 1. The van der Waals surface area contributed by atoms with Crippen molar-refractivity contribution in [2.45, 2.75) is 18.9 Å². The lowest BCUT2D eigenvalue weighted by Gasteiger charge is -2.31. The van der Waals surface area contributed by atoms with Gasteiger partial charge < -0.3 is 10.4 Å². The van der Waals surface area contributed by atoms with Crippen LogP contribution in [0.5, 0.6) is 0 Å². The van der Waals surface area contributed by atoms with E-state index in [1.807, 2.05) is 0 Å². The molecule has 0 amide bonds. The molecule has 0 saturated carbocycles. The average Bonchev–Trinajstić information content (AvgIpc) is 2.45. The SMILES string of the molecule is CCC(Nc1cccc(Cl)c1)(C(=O)O)c1ccccc1F. The van der Waals surface area contributed by atoms with E-state index in [4.69, 9.17) is 11.6 Å². The van der Waals surface area contributed by atoms with E-state index in [-0.39, 0.29) is 12.0 Å². The highest BCUT2D eigenvalue weighted by Crippen LogP contribution is 2.32. The number of carboxylic acids is 1. The van der Waals surface area contributed by atoms with Gasteiger partial charge in [0.1, 0.15) is 5.82 Å². The van der Waals surface area contributed by atoms with Gasteiger partial charge in [0.05, 0.1) is 0 Å². The first-order chi connectivity index (χ1) is 9.99. The van der Waals surface area contributed by atoms with Crippen LogP contribution in [0, 0.1) is 5.82 Å². The molecule has 2 N–H and O–H groups in total. The highest BCUT2D eigenvalue weighted by atomic mass is 35.5. The number of benzene rings is 2. The van der Waals surface area contributed by atoms with Crippen molar-refractivity contribution in [3.05, 3.63) is 64.9 Å². The molecule has 2 rings (SSSR count). The Bertz CT molecular complexity index is 662. The topological polar surface area (TPSA) is 49.3 Å². The zero-order chi connectivity index (χ0) is 15.5. The van der Waals surface area contributed by atoms with Gasteiger partial charge in [0.15, 0.2) is 5.54 Å². The Labute approximate surface area is 127 Å². The minimum absolute atomic E-state index is 0.0972. The van der Waals surface area contributed by atoms with Crippen LogP contribution in [0.3, 0.4) is 0 Å². The van der Waals surface area contributed by atoms with Crippen molar-refractivity contribution in [3.63, 3.8) is 0 Å². The minimum Gasteiger partial charge on any atom is -0.479 e. The number of carboxylic acid groups (broad SMARTS) is 1. The van der Waals surface area contributed by atoms with Crippen molar-refractivity contribution in [2.24, 2.45) is 0 Å². The predicted molar refractivity (Wildman–Crippen MR) is 81.1 cm³/mol. The maximum Gasteiger partial charge on any atom is 0.334 e. The molecule has 0 bridgehead atoms. The molecule has 0 saturated heterocycles. The van der Waals surface area contributed by atoms with E-state index >= 15 is 0 Å². The summed E-state index contributed by atoms with van der Waals surface area (Å²) in [5, 5.41) is 13.1. The molecule has 0 aliphatic rings. The van der Waals surface area contributed by atoms with Crippen LogP contribution in [0.4, 0.5) is 10.1 Å². The van der Waals surface area contributed by atoms with Crippen LogP contribution in [0.25, 0.3) is 0 Å². The first kappa shape index (κ1) is 15.3. The Balaban J connectivity index is 2.53. The lowest BCUT2D eigenvalue weighted by molar-refractivity contribution is -0.143. The normalized spacial score (nSPS) is 13.5. The van der Waals surface area contributed by atoms with Gasteiger partial charge in [-0.05, 0) is 30.7 Å². The monoisotopic (exact) mass is 307 g/mol. The molecule has 0 heterocycles. The molecule has 2 aromatic carbocycles. The van der Waals surface area contributed by atoms with Crippen LogP contribution < -0.4 is 5.32 Å². The zero-order valence-corrected chi connectivity index (χ0v) is 12.2. The van der Waals surface area contributed by atoms with E-state index in [1.54, 1.807) is 37.3 Å². The highest BCUT2D eigenvalue weighted by Gasteiger charge is 2.40. The van der Waals surface area contributed by atoms with E-state index in [0.29, 0.717) is 10.7 Å². The Kier molecular flexibility index (Phi) is 4.48. The van der Waals surface area contributed by atoms with Crippen LogP contribution in [0.2, 0.25) is 5.02 Å². The van der Waals surface area contributed by atoms with Gasteiger partial charge in [0, 0.05) is 16.3 Å². The van der Waals surface area contributed by atoms with E-state index < -0.39 is 17.3 Å². The van der Waals surface area contributed by atoms with Crippen molar-refractivity contribution in [2.75, 3.05) is 5.32 Å². The smallest absolute Gasteiger partial charge is 0.334 e. The van der Waals surface area contributed by atoms with Crippen LogP contribution in [-0.2, 0) is 10.3 Å². The summed E-state index contributed by atoms with van der Waals surface area (Å²) in [6.07, 6.45) is 0.176. The number of rotatable bonds is 5. The molecule has 0 aromatic heterocycles. The van der Waals surface area contributed by atoms with Crippen molar-refractivity contribution in [1.29, 1.82) is 0 Å². The van der Waals surface area contributed by atoms with Gasteiger partial charge in [-0.2, -0.15) is 0 Å². The van der Waals surface area contributed by atoms with Gasteiger partial charge in [0.2, 0.25) is 0 Å². The molecular formula is C16H15ClFNO2. The zero-order valence-electron chi connectivity index (χ0n) is 11.4. The molecule has 0 aliphatic heterocycles. The summed E-state index contributed by atoms with van der Waals surface area (Å²) in [4.78, 5) is 11.8. The van der Waals surface area contributed by atoms with Crippen LogP contribution in [-0.4, -0.2) is 11.1 Å². The Morgan fingerprint density at radius 3 is 2.57 bits per heavy atom. The van der Waals surface area contributed by atoms with Crippen LogP contribution in [0.15, 0.2) is 48.5 Å². The third kappa shape index (κ3) is 3.00. The van der Waals surface area contributed by atoms with Crippen LogP contribution >= 0.6 is 11.6 Å². The summed E-state index contributed by atoms with van der Waals surface area (Å²) in [7, 11) is 0. The second kappa shape index (κ2) is 6.14. The number of hydrogen-bond donors (Lipinski definition) is 2. The molecule has 0 fully saturated rings. The van der Waals surface area contributed by atoms with Gasteiger partial charge >= 0.3 is 5.97 Å². The number of nitrogens with one attached hydrogen (secondary N) is 1. The van der Waals surface area contributed by atoms with E-state index in [2.05, 4.69) is 5.32 Å². The number of halogens is 2. The Morgan fingerprint density at radius 2 is 2.00 bits per heavy atom. The summed E-state index contributed by atoms with van der Waals surface area (Å²) in [6.45, 7) is 1.69. The van der Waals surface area contributed by atoms with E-state index in [1.165, 1.54) is 18.2 Å². The van der Waals surface area contributed by atoms with Gasteiger partial charge in [-0.15, -0.1) is 0 Å². The molecule has 0 aliphatic carbocycles. The predicted octanol–water partition coefficient (Wildman–Crippen LogP) is 4.28. The summed E-state index contributed by atoms with van der Waals surface area (Å²) in [5.41, 5.74) is -0.925. The summed E-state index contributed by atoms with van der Waals surface area (Å²) >= 11 is 5.91. The van der Waals surface area contributed by atoms with Gasteiger partial charge in [-0.1, -0.05) is 42.8 Å². The lowest BCUT2D eigenvalue weighted by atomic mass is 9.86. The molecule has 0 spiro atoms. The maximum absolute atomic E-state index is 14.1. The van der Waals surface area contributed by atoms with Gasteiger partial charge in [0.25, 0.3) is 0 Å². The molecule has 110 valence electrons. The second-order valence-electron chi connectivity index (χ2n) is 4.68. The third-order valence-corrected chi connectivity index (χ3v) is 3.65. The lowest BCUT2D eigenvalue weighted by Crippen LogP contribution is -2.43. The summed E-state index contributed by atoms with van der Waals surface area (Å²) in [5.74, 6) is -1.70. The average molecular weight is 308 g/mol. The molecule has 3 nitrogen and oxygen atoms in total. The highest BCUT2D eigenvalue weighted by molar-refractivity contribution is 6.30. The molecular weight excluding hydrogens is 293 g/mol. The Hall–Kier alpha value is -2.07. The quantitative estimate of drug-likeness (QED) is 0.866. The number of hydrogen-bond acceptors (Lipinski definition) is 2. The second-order valence-corrected chi connectivity index (χ2v) is 5.12. The fourth-order valence-corrected chi connectivity index (χ4v) is 2.48. The minimum atomic E-state index is -1.55. The van der Waals surface area contributed by atoms with Crippen molar-refractivity contribution >= 4 is 23.3 Å². The van der Waals surface area contributed by atoms with Crippen LogP contribution in [0.1, 0.15) is 18.9 Å². The molecule has 21 heavy (non-hydrogen) atoms. The largest absolute Gasteiger partial charge is 0.479 e. The summed E-state index contributed by atoms with van der Waals surface area (Å²) in [6, 6.07) is 12.6. The van der Waals surface area contributed by atoms with E-state index in [9.17, 15) is 14.3 Å².